The second kappa shape index (κ2) is 13.0. The molecule has 8 nitrogen and oxygen atoms in total. The number of halogens is 2. The third-order valence-corrected chi connectivity index (χ3v) is 6.13. The van der Waals surface area contributed by atoms with E-state index in [9.17, 15) is 0 Å². The summed E-state index contributed by atoms with van der Waals surface area (Å²) in [6.45, 7) is 8.09. The number of pyridine rings is 2. The van der Waals surface area contributed by atoms with Crippen LogP contribution in [-0.2, 0) is 9.47 Å². The van der Waals surface area contributed by atoms with Crippen molar-refractivity contribution in [2.45, 2.75) is 20.3 Å². The van der Waals surface area contributed by atoms with Gasteiger partial charge in [-0.15, -0.1) is 0 Å². The van der Waals surface area contributed by atoms with Crippen molar-refractivity contribution in [3.05, 3.63) is 34.4 Å². The monoisotopic (exact) mass is 522 g/mol. The molecule has 35 heavy (non-hydrogen) atoms. The molecule has 10 heteroatoms. The number of nitrogens with two attached hydrogens (primary N) is 1. The quantitative estimate of drug-likeness (QED) is 0.345. The number of aromatic nitrogens is 2. The Bertz CT molecular complexity index is 1110. The molecular weight excluding hydrogens is 491 g/mol. The fraction of sp³-hybridized carbons (Fsp3) is 0.440. The molecule has 0 unspecified atom stereocenters. The van der Waals surface area contributed by atoms with Gasteiger partial charge >= 0.3 is 0 Å². The lowest BCUT2D eigenvalue weighted by molar-refractivity contribution is -0.0248. The van der Waals surface area contributed by atoms with Crippen LogP contribution in [0.1, 0.15) is 20.3 Å². The zero-order chi connectivity index (χ0) is 25.4. The smallest absolute Gasteiger partial charge is 0.141 e. The van der Waals surface area contributed by atoms with E-state index in [4.69, 9.17) is 52.9 Å². The molecule has 0 radical (unpaired) electrons. The zero-order valence-electron chi connectivity index (χ0n) is 20.5. The van der Waals surface area contributed by atoms with Gasteiger partial charge in [-0.05, 0) is 25.5 Å². The van der Waals surface area contributed by atoms with E-state index in [0.717, 1.165) is 50.2 Å². The molecule has 0 spiro atoms. The minimum atomic E-state index is 0.354. The number of benzene rings is 1. The molecule has 1 saturated heterocycles. The van der Waals surface area contributed by atoms with Crippen LogP contribution in [0.2, 0.25) is 10.0 Å². The van der Waals surface area contributed by atoms with Gasteiger partial charge < -0.3 is 30.0 Å². The summed E-state index contributed by atoms with van der Waals surface area (Å²) in [5.41, 5.74) is 7.00. The van der Waals surface area contributed by atoms with Gasteiger partial charge in [0.2, 0.25) is 0 Å². The molecule has 1 fully saturated rings. The Labute approximate surface area is 216 Å². The number of anilines is 2. The van der Waals surface area contributed by atoms with Crippen LogP contribution in [-0.4, -0.2) is 57.2 Å². The summed E-state index contributed by atoms with van der Waals surface area (Å²) < 4.78 is 21.0. The first-order valence-corrected chi connectivity index (χ1v) is 12.2. The molecule has 1 aliphatic heterocycles. The summed E-state index contributed by atoms with van der Waals surface area (Å²) in [5, 5.41) is 5.82. The van der Waals surface area contributed by atoms with E-state index < -0.39 is 0 Å². The number of fused-ring (bicyclic) bond motifs is 1. The van der Waals surface area contributed by atoms with E-state index in [1.54, 1.807) is 18.3 Å². The molecular formula is C25H32Cl2N4O4. The topological polar surface area (TPSA) is 101 Å². The van der Waals surface area contributed by atoms with E-state index in [0.29, 0.717) is 50.4 Å². The van der Waals surface area contributed by atoms with Crippen molar-refractivity contribution in [2.75, 3.05) is 58.2 Å². The summed E-state index contributed by atoms with van der Waals surface area (Å²) in [7, 11) is 3.07. The summed E-state index contributed by atoms with van der Waals surface area (Å²) in [6, 6.07) is 5.31. The van der Waals surface area contributed by atoms with Crippen LogP contribution in [0.5, 0.6) is 11.5 Å². The maximum atomic E-state index is 6.59. The van der Waals surface area contributed by atoms with Gasteiger partial charge in [-0.2, -0.15) is 0 Å². The van der Waals surface area contributed by atoms with Crippen LogP contribution in [0.25, 0.3) is 22.0 Å². The van der Waals surface area contributed by atoms with Crippen LogP contribution in [0.4, 0.5) is 11.6 Å². The SMILES string of the molecule is CCCOCC.COc1cc(OC)c(Cl)c(-c2cc3cnc(N)cc3c(NCC3COC3)n2)c1Cl. The maximum absolute atomic E-state index is 6.59. The zero-order valence-corrected chi connectivity index (χ0v) is 22.0. The van der Waals surface area contributed by atoms with Gasteiger partial charge in [0.1, 0.15) is 23.1 Å². The third-order valence-electron chi connectivity index (χ3n) is 5.38. The normalized spacial score (nSPS) is 13.1. The summed E-state index contributed by atoms with van der Waals surface area (Å²) in [6.07, 6.45) is 2.83. The first-order chi connectivity index (χ1) is 16.9. The van der Waals surface area contributed by atoms with Crippen molar-refractivity contribution in [1.29, 1.82) is 0 Å². The highest BCUT2D eigenvalue weighted by Gasteiger charge is 2.22. The van der Waals surface area contributed by atoms with E-state index in [1.807, 2.05) is 13.0 Å². The number of rotatable bonds is 9. The van der Waals surface area contributed by atoms with Crippen molar-refractivity contribution in [2.24, 2.45) is 5.92 Å². The number of ether oxygens (including phenoxy) is 4. The fourth-order valence-corrected chi connectivity index (χ4v) is 4.16. The standard InChI is InChI=1S/C20H20Cl2N4O3.C5H12O/c1-27-14-5-15(28-2)19(22)17(18(14)21)13-3-11-7-24-16(23)4-12(11)20(26-13)25-6-10-8-29-9-10;1-3-5-6-4-2/h3-5,7,10H,6,8-9H2,1-2H3,(H2,23,24)(H,25,26);3-5H2,1-2H3. The molecule has 3 aromatic rings. The molecule has 1 aromatic carbocycles. The lowest BCUT2D eigenvalue weighted by Gasteiger charge is -2.26. The highest BCUT2D eigenvalue weighted by Crippen LogP contribution is 2.46. The van der Waals surface area contributed by atoms with Crippen molar-refractivity contribution >= 4 is 45.6 Å². The van der Waals surface area contributed by atoms with Gasteiger partial charge in [0.05, 0.1) is 43.2 Å². The highest BCUT2D eigenvalue weighted by atomic mass is 35.5. The van der Waals surface area contributed by atoms with E-state index in [1.165, 1.54) is 14.2 Å². The van der Waals surface area contributed by atoms with E-state index >= 15 is 0 Å². The lowest BCUT2D eigenvalue weighted by atomic mass is 10.1. The molecule has 0 bridgehead atoms. The Kier molecular flexibility index (Phi) is 10.0. The largest absolute Gasteiger partial charge is 0.495 e. The first-order valence-electron chi connectivity index (χ1n) is 11.5. The van der Waals surface area contributed by atoms with Gasteiger partial charge in [-0.3, -0.25) is 0 Å². The molecule has 3 heterocycles. The van der Waals surface area contributed by atoms with Crippen LogP contribution < -0.4 is 20.5 Å². The van der Waals surface area contributed by atoms with Gasteiger partial charge in [0, 0.05) is 54.3 Å². The predicted octanol–water partition coefficient (Wildman–Crippen LogP) is 5.69. The van der Waals surface area contributed by atoms with Gasteiger partial charge in [-0.1, -0.05) is 30.1 Å². The minimum absolute atomic E-state index is 0.354. The van der Waals surface area contributed by atoms with Crippen molar-refractivity contribution in [3.63, 3.8) is 0 Å². The maximum Gasteiger partial charge on any atom is 0.141 e. The Morgan fingerprint density at radius 3 is 2.29 bits per heavy atom. The average Bonchev–Trinajstić information content (AvgIpc) is 2.82. The minimum Gasteiger partial charge on any atom is -0.495 e. The molecule has 0 amide bonds. The first kappa shape index (κ1) is 27.1. The molecule has 4 rings (SSSR count). The molecule has 2 aromatic heterocycles. The van der Waals surface area contributed by atoms with Gasteiger partial charge in [-0.25, -0.2) is 9.97 Å². The number of methoxy groups -OCH3 is 2. The average molecular weight is 523 g/mol. The Morgan fingerprint density at radius 2 is 1.77 bits per heavy atom. The van der Waals surface area contributed by atoms with Gasteiger partial charge in [0.25, 0.3) is 0 Å². The second-order valence-corrected chi connectivity index (χ2v) is 8.71. The Balaban J connectivity index is 0.000000509. The van der Waals surface area contributed by atoms with Crippen LogP contribution in [0.3, 0.4) is 0 Å². The van der Waals surface area contributed by atoms with Crippen LogP contribution >= 0.6 is 23.2 Å². The van der Waals surface area contributed by atoms with Crippen molar-refractivity contribution in [1.82, 2.24) is 9.97 Å². The van der Waals surface area contributed by atoms with Crippen molar-refractivity contribution in [3.8, 4) is 22.8 Å². The summed E-state index contributed by atoms with van der Waals surface area (Å²) in [5.74, 6) is 2.43. The van der Waals surface area contributed by atoms with Crippen LogP contribution in [0.15, 0.2) is 24.4 Å². The summed E-state index contributed by atoms with van der Waals surface area (Å²) in [4.78, 5) is 9.00. The van der Waals surface area contributed by atoms with Gasteiger partial charge in [0.15, 0.2) is 0 Å². The number of hydrogen-bond donors (Lipinski definition) is 2. The molecule has 1 aliphatic rings. The molecule has 0 aliphatic carbocycles. The molecule has 190 valence electrons. The Hall–Kier alpha value is -2.52. The number of nitrogens with one attached hydrogen (secondary N) is 1. The number of nitrogens with zero attached hydrogens (tertiary/aromatic N) is 2. The lowest BCUT2D eigenvalue weighted by Crippen LogP contribution is -2.33. The number of nitrogen functional groups attached to an aromatic ring is 1. The molecule has 0 saturated carbocycles. The number of hydrogen-bond acceptors (Lipinski definition) is 8. The predicted molar refractivity (Wildman–Crippen MR) is 142 cm³/mol. The fourth-order valence-electron chi connectivity index (χ4n) is 3.47. The molecule has 0 atom stereocenters. The van der Waals surface area contributed by atoms with E-state index in [-0.39, 0.29) is 0 Å². The van der Waals surface area contributed by atoms with E-state index in [2.05, 4.69) is 17.2 Å². The molecule has 3 N–H and O–H groups in total. The Morgan fingerprint density at radius 1 is 1.09 bits per heavy atom. The summed E-state index contributed by atoms with van der Waals surface area (Å²) >= 11 is 13.2. The highest BCUT2D eigenvalue weighted by molar-refractivity contribution is 6.41. The van der Waals surface area contributed by atoms with Crippen molar-refractivity contribution < 1.29 is 18.9 Å². The third kappa shape index (κ3) is 6.58. The second-order valence-electron chi connectivity index (χ2n) is 7.95. The van der Waals surface area contributed by atoms with Crippen LogP contribution in [0, 0.1) is 5.92 Å².